The van der Waals surface area contributed by atoms with Gasteiger partial charge in [0.2, 0.25) is 0 Å². The molecule has 12 heteroatoms. The second-order valence-corrected chi connectivity index (χ2v) is 8.96. The molecule has 3 heterocycles. The summed E-state index contributed by atoms with van der Waals surface area (Å²) in [5, 5.41) is 19.5. The molecular formula is C22H12Cl2N6O3S. The summed E-state index contributed by atoms with van der Waals surface area (Å²) in [5.41, 5.74) is 1.74. The number of carbonyl (C=O) groups is 1. The van der Waals surface area contributed by atoms with Gasteiger partial charge in [-0.1, -0.05) is 52.7 Å². The van der Waals surface area contributed by atoms with Crippen molar-refractivity contribution in [2.24, 2.45) is 0 Å². The topological polar surface area (TPSA) is 116 Å². The minimum absolute atomic E-state index is 0.133. The van der Waals surface area contributed by atoms with Crippen LogP contribution in [0.25, 0.3) is 28.1 Å². The quantitative estimate of drug-likeness (QED) is 0.228. The van der Waals surface area contributed by atoms with E-state index in [1.807, 2.05) is 6.07 Å². The average Bonchev–Trinajstić information content (AvgIpc) is 3.47. The molecule has 0 aliphatic carbocycles. The normalized spacial score (nSPS) is 11.0. The number of aromatic nitrogens is 4. The molecule has 9 nitrogen and oxygen atoms in total. The van der Waals surface area contributed by atoms with Crippen molar-refractivity contribution in [3.63, 3.8) is 0 Å². The second-order valence-electron chi connectivity index (χ2n) is 7.03. The Balaban J connectivity index is 1.65. The van der Waals surface area contributed by atoms with E-state index in [0.717, 1.165) is 11.3 Å². The highest BCUT2D eigenvalue weighted by atomic mass is 35.5. The van der Waals surface area contributed by atoms with Crippen molar-refractivity contribution >= 4 is 62.3 Å². The second kappa shape index (κ2) is 8.82. The summed E-state index contributed by atoms with van der Waals surface area (Å²) in [7, 11) is 0. The molecule has 0 fully saturated rings. The lowest BCUT2D eigenvalue weighted by molar-refractivity contribution is -0.380. The highest BCUT2D eigenvalue weighted by Gasteiger charge is 2.20. The van der Waals surface area contributed by atoms with Crippen molar-refractivity contribution < 1.29 is 9.72 Å². The number of thiophene rings is 1. The van der Waals surface area contributed by atoms with Crippen molar-refractivity contribution in [1.82, 2.24) is 19.7 Å². The van der Waals surface area contributed by atoms with Gasteiger partial charge in [-0.25, -0.2) is 14.6 Å². The smallest absolute Gasteiger partial charge is 0.305 e. The maximum atomic E-state index is 12.9. The predicted molar refractivity (Wildman–Crippen MR) is 131 cm³/mol. The molecule has 3 aromatic heterocycles. The van der Waals surface area contributed by atoms with Gasteiger partial charge in [-0.2, -0.15) is 5.10 Å². The molecule has 5 aromatic rings. The van der Waals surface area contributed by atoms with Gasteiger partial charge in [0.05, 0.1) is 27.1 Å². The van der Waals surface area contributed by atoms with Gasteiger partial charge >= 0.3 is 5.00 Å². The standard InChI is InChI=1S/C22H12Cl2N6O3S/c23-13-4-1-3-12(9-13)19-26-20(28-22(31)17-7-8-18(34-17)30(32)33)16-11-25-29(21(16)27-19)15-6-2-5-14(24)10-15/h1-11H,(H,26,27,28,31). The van der Waals surface area contributed by atoms with Crippen molar-refractivity contribution in [3.05, 3.63) is 91.9 Å². The van der Waals surface area contributed by atoms with Crippen LogP contribution >= 0.6 is 34.5 Å². The lowest BCUT2D eigenvalue weighted by Gasteiger charge is -2.09. The van der Waals surface area contributed by atoms with E-state index in [2.05, 4.69) is 20.4 Å². The Morgan fingerprint density at radius 3 is 2.50 bits per heavy atom. The number of hydrogen-bond acceptors (Lipinski definition) is 7. The van der Waals surface area contributed by atoms with Gasteiger partial charge < -0.3 is 5.32 Å². The maximum Gasteiger partial charge on any atom is 0.324 e. The monoisotopic (exact) mass is 510 g/mol. The van der Waals surface area contributed by atoms with E-state index >= 15 is 0 Å². The molecule has 0 atom stereocenters. The van der Waals surface area contributed by atoms with Crippen LogP contribution in [0.2, 0.25) is 10.0 Å². The average molecular weight is 511 g/mol. The fourth-order valence-electron chi connectivity index (χ4n) is 3.27. The third-order valence-corrected chi connectivity index (χ3v) is 6.30. The van der Waals surface area contributed by atoms with Gasteiger partial charge in [0.15, 0.2) is 11.5 Å². The Bertz CT molecular complexity index is 1580. The number of nitro groups is 1. The predicted octanol–water partition coefficient (Wildman–Crippen LogP) is 6.01. The largest absolute Gasteiger partial charge is 0.324 e. The first-order chi connectivity index (χ1) is 16.4. The minimum atomic E-state index is -0.545. The van der Waals surface area contributed by atoms with Crippen LogP contribution in [0.5, 0.6) is 0 Å². The van der Waals surface area contributed by atoms with Gasteiger partial charge in [0.1, 0.15) is 5.82 Å². The summed E-state index contributed by atoms with van der Waals surface area (Å²) in [6.45, 7) is 0. The number of fused-ring (bicyclic) bond motifs is 1. The molecule has 0 aliphatic rings. The molecule has 0 aliphatic heterocycles. The zero-order valence-corrected chi connectivity index (χ0v) is 19.3. The number of benzene rings is 2. The van der Waals surface area contributed by atoms with Crippen LogP contribution in [-0.4, -0.2) is 30.6 Å². The molecule has 0 spiro atoms. The number of rotatable bonds is 5. The SMILES string of the molecule is O=C(Nc1nc(-c2cccc(Cl)c2)nc2c1cnn2-c1cccc(Cl)c1)c1ccc([N+](=O)[O-])s1. The molecule has 1 N–H and O–H groups in total. The van der Waals surface area contributed by atoms with Crippen LogP contribution in [-0.2, 0) is 0 Å². The van der Waals surface area contributed by atoms with Crippen LogP contribution < -0.4 is 5.32 Å². The number of carbonyl (C=O) groups excluding carboxylic acids is 1. The number of hydrogen-bond donors (Lipinski definition) is 1. The highest BCUT2D eigenvalue weighted by Crippen LogP contribution is 2.30. The lowest BCUT2D eigenvalue weighted by atomic mass is 10.2. The van der Waals surface area contributed by atoms with E-state index in [9.17, 15) is 14.9 Å². The van der Waals surface area contributed by atoms with Crippen molar-refractivity contribution in [2.75, 3.05) is 5.32 Å². The number of anilines is 1. The first-order valence-corrected chi connectivity index (χ1v) is 11.3. The summed E-state index contributed by atoms with van der Waals surface area (Å²) in [6.07, 6.45) is 1.53. The van der Waals surface area contributed by atoms with Crippen LogP contribution in [0.4, 0.5) is 10.8 Å². The van der Waals surface area contributed by atoms with Crippen LogP contribution in [0.15, 0.2) is 66.9 Å². The Kier molecular flexibility index (Phi) is 5.70. The van der Waals surface area contributed by atoms with Crippen LogP contribution in [0.1, 0.15) is 9.67 Å². The summed E-state index contributed by atoms with van der Waals surface area (Å²) >= 11 is 13.1. The number of amides is 1. The summed E-state index contributed by atoms with van der Waals surface area (Å²) < 4.78 is 1.59. The van der Waals surface area contributed by atoms with Gasteiger partial charge in [-0.05, 0) is 36.4 Å². The zero-order chi connectivity index (χ0) is 23.8. The fraction of sp³-hybridized carbons (Fsp3) is 0. The van der Waals surface area contributed by atoms with Crippen molar-refractivity contribution in [2.45, 2.75) is 0 Å². The summed E-state index contributed by atoms with van der Waals surface area (Å²) in [5.74, 6) is -0.0220. The van der Waals surface area contributed by atoms with E-state index in [1.54, 1.807) is 47.1 Å². The van der Waals surface area contributed by atoms with E-state index in [0.29, 0.717) is 38.2 Å². The molecule has 0 unspecified atom stereocenters. The van der Waals surface area contributed by atoms with Crippen LogP contribution in [0.3, 0.4) is 0 Å². The fourth-order valence-corrected chi connectivity index (χ4v) is 4.36. The molecule has 2 aromatic carbocycles. The first kappa shape index (κ1) is 22.0. The molecule has 0 saturated heterocycles. The van der Waals surface area contributed by atoms with E-state index < -0.39 is 10.8 Å². The van der Waals surface area contributed by atoms with E-state index in [1.165, 1.54) is 18.3 Å². The van der Waals surface area contributed by atoms with Crippen molar-refractivity contribution in [1.29, 1.82) is 0 Å². The molecule has 0 radical (unpaired) electrons. The lowest BCUT2D eigenvalue weighted by Crippen LogP contribution is -2.12. The molecule has 5 rings (SSSR count). The minimum Gasteiger partial charge on any atom is -0.305 e. The number of nitrogens with one attached hydrogen (secondary N) is 1. The van der Waals surface area contributed by atoms with Gasteiger partial charge in [0, 0.05) is 21.7 Å². The third kappa shape index (κ3) is 4.21. The number of halogens is 2. The highest BCUT2D eigenvalue weighted by molar-refractivity contribution is 7.17. The van der Waals surface area contributed by atoms with E-state index in [-0.39, 0.29) is 15.7 Å². The molecule has 0 saturated carbocycles. The molecular weight excluding hydrogens is 499 g/mol. The van der Waals surface area contributed by atoms with Gasteiger partial charge in [-0.3, -0.25) is 14.9 Å². The van der Waals surface area contributed by atoms with Gasteiger partial charge in [-0.15, -0.1) is 0 Å². The summed E-state index contributed by atoms with van der Waals surface area (Å²) in [4.78, 5) is 32.7. The Labute approximate surface area is 205 Å². The maximum absolute atomic E-state index is 12.9. The third-order valence-electron chi connectivity index (χ3n) is 4.79. The Hall–Kier alpha value is -3.86. The summed E-state index contributed by atoms with van der Waals surface area (Å²) in [6, 6.07) is 16.8. The molecule has 34 heavy (non-hydrogen) atoms. The first-order valence-electron chi connectivity index (χ1n) is 9.72. The Morgan fingerprint density at radius 2 is 1.79 bits per heavy atom. The number of nitrogens with zero attached hydrogens (tertiary/aromatic N) is 5. The zero-order valence-electron chi connectivity index (χ0n) is 17.0. The molecule has 1 amide bonds. The van der Waals surface area contributed by atoms with Gasteiger partial charge in [0.25, 0.3) is 5.91 Å². The molecule has 168 valence electrons. The van der Waals surface area contributed by atoms with Crippen LogP contribution in [0, 0.1) is 10.1 Å². The van der Waals surface area contributed by atoms with Crippen molar-refractivity contribution in [3.8, 4) is 17.1 Å². The van der Waals surface area contributed by atoms with E-state index in [4.69, 9.17) is 23.2 Å². The molecule has 0 bridgehead atoms. The Morgan fingerprint density at radius 1 is 1.03 bits per heavy atom.